The maximum Gasteiger partial charge on any atom is 0.270 e. The van der Waals surface area contributed by atoms with Crippen molar-refractivity contribution >= 4 is 51.8 Å². The fourth-order valence-corrected chi connectivity index (χ4v) is 4.54. The number of carbonyl (C=O) groups is 2. The van der Waals surface area contributed by atoms with Crippen molar-refractivity contribution in [2.24, 2.45) is 0 Å². The molecule has 0 radical (unpaired) electrons. The van der Waals surface area contributed by atoms with Crippen molar-refractivity contribution < 1.29 is 14.0 Å². The average Bonchev–Trinajstić information content (AvgIpc) is 3.19. The van der Waals surface area contributed by atoms with Crippen LogP contribution < -0.4 is 4.90 Å². The second-order valence-corrected chi connectivity index (χ2v) is 8.91. The van der Waals surface area contributed by atoms with Gasteiger partial charge in [0.15, 0.2) is 5.11 Å². The molecule has 0 bridgehead atoms. The molecule has 0 N–H and O–H groups in total. The van der Waals surface area contributed by atoms with Crippen molar-refractivity contribution in [3.8, 4) is 0 Å². The Kier molecular flexibility index (Phi) is 5.78. The minimum Gasteiger partial charge on any atom is -0.342 e. The van der Waals surface area contributed by atoms with Crippen LogP contribution >= 0.6 is 12.2 Å². The minimum absolute atomic E-state index is 0.0235. The first kappa shape index (κ1) is 22.7. The number of aryl methyl sites for hydroxylation is 1. The molecular weight excluding hydrogens is 461 g/mol. The van der Waals surface area contributed by atoms with Crippen LogP contribution in [0.1, 0.15) is 16.7 Å². The van der Waals surface area contributed by atoms with Crippen LogP contribution in [0.5, 0.6) is 0 Å². The fraction of sp³-hybridized carbons (Fsp3) is 0.107. The standard InChI is InChI=1S/C28H22FN3O2S/c1-18-10-12-22(13-11-18)32-27(34)24(26(33)30(2)28(32)35)15-20-17-31(25-9-4-3-8-23(20)25)16-19-6-5-7-21(29)14-19/h3-15,17H,16H2,1-2H3/b24-15+. The number of aromatic nitrogens is 1. The molecule has 1 aliphatic rings. The summed E-state index contributed by atoms with van der Waals surface area (Å²) >= 11 is 5.45. The molecule has 35 heavy (non-hydrogen) atoms. The molecule has 5 nitrogen and oxygen atoms in total. The monoisotopic (exact) mass is 483 g/mol. The fourth-order valence-electron chi connectivity index (χ4n) is 4.27. The zero-order chi connectivity index (χ0) is 24.7. The first-order valence-electron chi connectivity index (χ1n) is 11.1. The Hall–Kier alpha value is -4.10. The third-order valence-corrected chi connectivity index (χ3v) is 6.56. The number of carbonyl (C=O) groups excluding carboxylic acids is 2. The van der Waals surface area contributed by atoms with E-state index < -0.39 is 11.8 Å². The van der Waals surface area contributed by atoms with E-state index in [1.165, 1.54) is 21.9 Å². The van der Waals surface area contributed by atoms with E-state index in [0.29, 0.717) is 12.2 Å². The highest BCUT2D eigenvalue weighted by molar-refractivity contribution is 7.80. The molecule has 0 saturated carbocycles. The number of likely N-dealkylation sites (N-methyl/N-ethyl adjacent to an activating group) is 1. The number of nitrogens with zero attached hydrogens (tertiary/aromatic N) is 3. The number of fused-ring (bicyclic) bond motifs is 1. The molecule has 1 saturated heterocycles. The van der Waals surface area contributed by atoms with Crippen LogP contribution in [0, 0.1) is 12.7 Å². The van der Waals surface area contributed by atoms with Crippen molar-refractivity contribution in [1.82, 2.24) is 9.47 Å². The molecule has 7 heteroatoms. The summed E-state index contributed by atoms with van der Waals surface area (Å²) in [4.78, 5) is 29.4. The summed E-state index contributed by atoms with van der Waals surface area (Å²) in [7, 11) is 1.57. The van der Waals surface area contributed by atoms with E-state index in [4.69, 9.17) is 12.2 Å². The van der Waals surface area contributed by atoms with Gasteiger partial charge in [-0.2, -0.15) is 0 Å². The van der Waals surface area contributed by atoms with Crippen LogP contribution in [0.2, 0.25) is 0 Å². The maximum absolute atomic E-state index is 13.7. The molecule has 0 atom stereocenters. The summed E-state index contributed by atoms with van der Waals surface area (Å²) in [6.07, 6.45) is 3.50. The summed E-state index contributed by atoms with van der Waals surface area (Å²) < 4.78 is 15.7. The van der Waals surface area contributed by atoms with E-state index in [1.54, 1.807) is 19.2 Å². The third-order valence-electron chi connectivity index (χ3n) is 6.10. The molecule has 4 aromatic rings. The van der Waals surface area contributed by atoms with E-state index in [9.17, 15) is 14.0 Å². The number of rotatable bonds is 4. The first-order chi connectivity index (χ1) is 16.8. The Morgan fingerprint density at radius 1 is 0.943 bits per heavy atom. The Balaban J connectivity index is 1.59. The molecule has 0 spiro atoms. The van der Waals surface area contributed by atoms with Crippen LogP contribution in [0.25, 0.3) is 17.0 Å². The molecule has 2 heterocycles. The lowest BCUT2D eigenvalue weighted by atomic mass is 10.1. The molecule has 1 aromatic heterocycles. The van der Waals surface area contributed by atoms with Gasteiger partial charge in [0.1, 0.15) is 11.4 Å². The number of para-hydroxylation sites is 1. The zero-order valence-electron chi connectivity index (χ0n) is 19.2. The lowest BCUT2D eigenvalue weighted by Crippen LogP contribution is -2.54. The van der Waals surface area contributed by atoms with E-state index in [-0.39, 0.29) is 16.5 Å². The number of amides is 2. The summed E-state index contributed by atoms with van der Waals surface area (Å²) in [6.45, 7) is 2.41. The van der Waals surface area contributed by atoms with Crippen LogP contribution in [0.3, 0.4) is 0 Å². The van der Waals surface area contributed by atoms with Gasteiger partial charge in [-0.1, -0.05) is 48.0 Å². The van der Waals surface area contributed by atoms with Crippen molar-refractivity contribution in [1.29, 1.82) is 0 Å². The molecule has 3 aromatic carbocycles. The normalized spacial score (nSPS) is 15.5. The molecule has 1 fully saturated rings. The second-order valence-electron chi connectivity index (χ2n) is 8.54. The largest absolute Gasteiger partial charge is 0.342 e. The van der Waals surface area contributed by atoms with Crippen molar-refractivity contribution in [3.63, 3.8) is 0 Å². The SMILES string of the molecule is Cc1ccc(N2C(=O)/C(=C/c3cn(Cc4cccc(F)c4)c4ccccc34)C(=O)N(C)C2=S)cc1. The van der Waals surface area contributed by atoms with Gasteiger partial charge in [0.05, 0.1) is 5.69 Å². The lowest BCUT2D eigenvalue weighted by Gasteiger charge is -2.34. The highest BCUT2D eigenvalue weighted by Gasteiger charge is 2.38. The van der Waals surface area contributed by atoms with Crippen molar-refractivity contribution in [2.75, 3.05) is 11.9 Å². The predicted molar refractivity (Wildman–Crippen MR) is 139 cm³/mol. The number of benzene rings is 3. The van der Waals surface area contributed by atoms with Gasteiger partial charge in [0.25, 0.3) is 11.8 Å². The highest BCUT2D eigenvalue weighted by Crippen LogP contribution is 2.29. The molecule has 5 rings (SSSR count). The highest BCUT2D eigenvalue weighted by atomic mass is 32.1. The summed E-state index contributed by atoms with van der Waals surface area (Å²) in [5.74, 6) is -1.22. The van der Waals surface area contributed by atoms with Crippen LogP contribution in [0.15, 0.2) is 84.6 Å². The summed E-state index contributed by atoms with van der Waals surface area (Å²) in [6, 6.07) is 21.6. The molecule has 0 unspecified atom stereocenters. The Morgan fingerprint density at radius 2 is 1.69 bits per heavy atom. The van der Waals surface area contributed by atoms with Crippen LogP contribution in [-0.2, 0) is 16.1 Å². The summed E-state index contributed by atoms with van der Waals surface area (Å²) in [5, 5.41) is 1.02. The van der Waals surface area contributed by atoms with E-state index >= 15 is 0 Å². The predicted octanol–water partition coefficient (Wildman–Crippen LogP) is 5.31. The van der Waals surface area contributed by atoms with Gasteiger partial charge in [0.2, 0.25) is 0 Å². The van der Waals surface area contributed by atoms with E-state index in [2.05, 4.69) is 0 Å². The summed E-state index contributed by atoms with van der Waals surface area (Å²) in [5.41, 5.74) is 4.12. The van der Waals surface area contributed by atoms with Crippen molar-refractivity contribution in [3.05, 3.63) is 107 Å². The van der Waals surface area contributed by atoms with E-state index in [1.807, 2.05) is 72.3 Å². The number of hydrogen-bond acceptors (Lipinski definition) is 3. The Bertz CT molecular complexity index is 1520. The van der Waals surface area contributed by atoms with Gasteiger partial charge >= 0.3 is 0 Å². The number of hydrogen-bond donors (Lipinski definition) is 0. The maximum atomic E-state index is 13.7. The Morgan fingerprint density at radius 3 is 2.43 bits per heavy atom. The van der Waals surface area contributed by atoms with Gasteiger partial charge < -0.3 is 4.57 Å². The number of halogens is 1. The lowest BCUT2D eigenvalue weighted by molar-refractivity contribution is -0.127. The molecule has 174 valence electrons. The topological polar surface area (TPSA) is 45.6 Å². The first-order valence-corrected chi connectivity index (χ1v) is 11.5. The number of thiocarbonyl (C=S) groups is 1. The number of anilines is 1. The van der Waals surface area contributed by atoms with Gasteiger partial charge in [-0.05, 0) is 61.1 Å². The molecule has 0 aliphatic carbocycles. The Labute approximate surface area is 207 Å². The zero-order valence-corrected chi connectivity index (χ0v) is 20.1. The quantitative estimate of drug-likeness (QED) is 0.225. The minimum atomic E-state index is -0.469. The third kappa shape index (κ3) is 4.15. The molecule has 2 amide bonds. The van der Waals surface area contributed by atoms with Gasteiger partial charge in [-0.25, -0.2) is 4.39 Å². The smallest absolute Gasteiger partial charge is 0.270 e. The van der Waals surface area contributed by atoms with Crippen LogP contribution in [0.4, 0.5) is 10.1 Å². The van der Waals surface area contributed by atoms with Gasteiger partial charge in [0, 0.05) is 36.3 Å². The second kappa shape index (κ2) is 8.92. The molecule has 1 aliphatic heterocycles. The van der Waals surface area contributed by atoms with Gasteiger partial charge in [-0.3, -0.25) is 19.4 Å². The molecular formula is C28H22FN3O2S. The van der Waals surface area contributed by atoms with Crippen LogP contribution in [-0.4, -0.2) is 33.4 Å². The average molecular weight is 484 g/mol. The van der Waals surface area contributed by atoms with Gasteiger partial charge in [-0.15, -0.1) is 0 Å². The van der Waals surface area contributed by atoms with E-state index in [0.717, 1.165) is 27.6 Å². The van der Waals surface area contributed by atoms with Crippen molar-refractivity contribution in [2.45, 2.75) is 13.5 Å².